The molecular weight excluding hydrogens is 112 g/mol. The standard InChI is InChI=1S/C7H7N2/c1-8-7-9-5-3-2-4-6-9/h2-6H,7H2/q+1. The number of pyridine rings is 1. The lowest BCUT2D eigenvalue weighted by Gasteiger charge is -1.81. The molecular formula is C7H7N2+. The van der Waals surface area contributed by atoms with Gasteiger partial charge >= 0.3 is 6.67 Å². The largest absolute Gasteiger partial charge is 0.406 e. The van der Waals surface area contributed by atoms with Crippen LogP contribution in [0.5, 0.6) is 0 Å². The van der Waals surface area contributed by atoms with Crippen molar-refractivity contribution in [1.29, 1.82) is 0 Å². The van der Waals surface area contributed by atoms with Gasteiger partial charge in [0.1, 0.15) is 0 Å². The molecule has 0 amide bonds. The summed E-state index contributed by atoms with van der Waals surface area (Å²) in [7, 11) is 0. The lowest BCUT2D eigenvalue weighted by atomic mass is 10.5. The van der Waals surface area contributed by atoms with Gasteiger partial charge in [-0.15, -0.1) is 4.57 Å². The van der Waals surface area contributed by atoms with Gasteiger partial charge in [0, 0.05) is 12.1 Å². The molecule has 0 atom stereocenters. The van der Waals surface area contributed by atoms with Crippen molar-refractivity contribution in [3.63, 3.8) is 0 Å². The highest BCUT2D eigenvalue weighted by Crippen LogP contribution is 1.76. The summed E-state index contributed by atoms with van der Waals surface area (Å²) in [5, 5.41) is 0. The number of hydrogen-bond acceptors (Lipinski definition) is 0. The maximum Gasteiger partial charge on any atom is 0.406 e. The SMILES string of the molecule is [C-]#[N+]C[n+]1ccccc1. The Balaban J connectivity index is 2.76. The number of aromatic nitrogens is 1. The summed E-state index contributed by atoms with van der Waals surface area (Å²) in [5.41, 5.74) is 0. The normalized spacial score (nSPS) is 8.33. The van der Waals surface area contributed by atoms with E-state index in [0.717, 1.165) is 0 Å². The van der Waals surface area contributed by atoms with E-state index in [2.05, 4.69) is 4.85 Å². The molecule has 9 heavy (non-hydrogen) atoms. The molecule has 1 aromatic heterocycles. The Kier molecular flexibility index (Phi) is 1.81. The van der Waals surface area contributed by atoms with Gasteiger partial charge in [0.15, 0.2) is 12.4 Å². The van der Waals surface area contributed by atoms with E-state index in [0.29, 0.717) is 6.67 Å². The number of hydrogen-bond donors (Lipinski definition) is 0. The monoisotopic (exact) mass is 119 g/mol. The quantitative estimate of drug-likeness (QED) is 0.382. The highest BCUT2D eigenvalue weighted by atomic mass is 15.0. The fraction of sp³-hybridized carbons (Fsp3) is 0.143. The molecule has 0 fully saturated rings. The van der Waals surface area contributed by atoms with Crippen LogP contribution >= 0.6 is 0 Å². The third-order valence-electron chi connectivity index (χ3n) is 1.01. The summed E-state index contributed by atoms with van der Waals surface area (Å²) in [6, 6.07) is 5.75. The predicted octanol–water partition coefficient (Wildman–Crippen LogP) is 0.851. The fourth-order valence-corrected chi connectivity index (χ4v) is 0.610. The smallest absolute Gasteiger partial charge is 0.249 e. The minimum atomic E-state index is 0.418. The lowest BCUT2D eigenvalue weighted by Crippen LogP contribution is -2.30. The lowest BCUT2D eigenvalue weighted by molar-refractivity contribution is -0.687. The van der Waals surface area contributed by atoms with Crippen LogP contribution in [-0.4, -0.2) is 0 Å². The zero-order chi connectivity index (χ0) is 6.53. The van der Waals surface area contributed by atoms with Crippen LogP contribution in [0.1, 0.15) is 0 Å². The summed E-state index contributed by atoms with van der Waals surface area (Å²) >= 11 is 0. The number of rotatable bonds is 1. The Morgan fingerprint density at radius 1 is 1.22 bits per heavy atom. The summed E-state index contributed by atoms with van der Waals surface area (Å²) in [6.07, 6.45) is 3.75. The van der Waals surface area contributed by atoms with E-state index in [-0.39, 0.29) is 0 Å². The Morgan fingerprint density at radius 3 is 2.44 bits per heavy atom. The molecule has 2 heteroatoms. The van der Waals surface area contributed by atoms with E-state index in [1.54, 1.807) is 0 Å². The van der Waals surface area contributed by atoms with Crippen LogP contribution in [0, 0.1) is 6.57 Å². The first-order chi connectivity index (χ1) is 4.43. The average Bonchev–Trinajstić information content (AvgIpc) is 1.91. The molecule has 0 unspecified atom stereocenters. The van der Waals surface area contributed by atoms with Crippen molar-refractivity contribution < 1.29 is 4.57 Å². The first kappa shape index (κ1) is 5.77. The van der Waals surface area contributed by atoms with Gasteiger partial charge in [-0.2, -0.15) is 0 Å². The molecule has 44 valence electrons. The molecule has 0 radical (unpaired) electrons. The van der Waals surface area contributed by atoms with Gasteiger partial charge in [-0.3, -0.25) is 0 Å². The first-order valence-corrected chi connectivity index (χ1v) is 2.71. The third kappa shape index (κ3) is 1.54. The van der Waals surface area contributed by atoms with E-state index in [1.165, 1.54) is 0 Å². The van der Waals surface area contributed by atoms with E-state index >= 15 is 0 Å². The van der Waals surface area contributed by atoms with Crippen LogP contribution in [0.25, 0.3) is 4.85 Å². The van der Waals surface area contributed by atoms with Crippen molar-refractivity contribution in [3.8, 4) is 0 Å². The second kappa shape index (κ2) is 2.83. The third-order valence-corrected chi connectivity index (χ3v) is 1.01. The molecule has 0 aliphatic carbocycles. The number of nitrogens with zero attached hydrogens (tertiary/aromatic N) is 2. The molecule has 0 N–H and O–H groups in total. The van der Waals surface area contributed by atoms with Crippen LogP contribution in [0.3, 0.4) is 0 Å². The minimum Gasteiger partial charge on any atom is -0.249 e. The zero-order valence-corrected chi connectivity index (χ0v) is 4.99. The fourth-order valence-electron chi connectivity index (χ4n) is 0.610. The van der Waals surface area contributed by atoms with Crippen LogP contribution in [-0.2, 0) is 6.67 Å². The van der Waals surface area contributed by atoms with Crippen LogP contribution in [0.2, 0.25) is 0 Å². The summed E-state index contributed by atoms with van der Waals surface area (Å²) in [5.74, 6) is 0. The molecule has 2 nitrogen and oxygen atoms in total. The topological polar surface area (TPSA) is 8.24 Å². The van der Waals surface area contributed by atoms with Crippen molar-refractivity contribution >= 4 is 0 Å². The van der Waals surface area contributed by atoms with E-state index in [4.69, 9.17) is 6.57 Å². The first-order valence-electron chi connectivity index (χ1n) is 2.71. The van der Waals surface area contributed by atoms with Gasteiger partial charge in [-0.1, -0.05) is 6.07 Å². The highest BCUT2D eigenvalue weighted by Gasteiger charge is 1.93. The molecule has 0 aliphatic heterocycles. The molecule has 0 saturated carbocycles. The molecule has 1 aromatic rings. The maximum atomic E-state index is 6.54. The molecule has 0 aromatic carbocycles. The van der Waals surface area contributed by atoms with E-state index in [9.17, 15) is 0 Å². The van der Waals surface area contributed by atoms with Gasteiger partial charge < -0.3 is 0 Å². The molecule has 0 aliphatic rings. The maximum absolute atomic E-state index is 6.54. The van der Waals surface area contributed by atoms with Gasteiger partial charge in [0.05, 0.1) is 0 Å². The van der Waals surface area contributed by atoms with Gasteiger partial charge in [-0.25, -0.2) is 11.4 Å². The Labute approximate surface area is 54.2 Å². The second-order valence-electron chi connectivity index (χ2n) is 1.69. The summed E-state index contributed by atoms with van der Waals surface area (Å²) < 4.78 is 1.83. The van der Waals surface area contributed by atoms with Crippen LogP contribution in [0.4, 0.5) is 0 Å². The summed E-state index contributed by atoms with van der Waals surface area (Å²) in [6.45, 7) is 6.96. The van der Waals surface area contributed by atoms with Crippen molar-refractivity contribution in [2.75, 3.05) is 0 Å². The predicted molar refractivity (Wildman–Crippen MR) is 33.2 cm³/mol. The van der Waals surface area contributed by atoms with Gasteiger partial charge in [0.25, 0.3) is 0 Å². The minimum absolute atomic E-state index is 0.418. The average molecular weight is 119 g/mol. The van der Waals surface area contributed by atoms with Crippen molar-refractivity contribution in [1.82, 2.24) is 0 Å². The molecule has 1 rings (SSSR count). The Morgan fingerprint density at radius 2 is 1.89 bits per heavy atom. The van der Waals surface area contributed by atoms with Crippen molar-refractivity contribution in [3.05, 3.63) is 42.0 Å². The molecule has 0 saturated heterocycles. The van der Waals surface area contributed by atoms with Crippen LogP contribution < -0.4 is 4.57 Å². The van der Waals surface area contributed by atoms with Crippen LogP contribution in [0.15, 0.2) is 30.6 Å². The molecule has 1 heterocycles. The molecule has 0 spiro atoms. The Hall–Kier alpha value is -1.36. The van der Waals surface area contributed by atoms with E-state index < -0.39 is 0 Å². The van der Waals surface area contributed by atoms with Crippen molar-refractivity contribution in [2.24, 2.45) is 0 Å². The highest BCUT2D eigenvalue weighted by molar-refractivity contribution is 4.83. The van der Waals surface area contributed by atoms with Gasteiger partial charge in [0.2, 0.25) is 0 Å². The van der Waals surface area contributed by atoms with Gasteiger partial charge in [-0.05, 0) is 0 Å². The summed E-state index contributed by atoms with van der Waals surface area (Å²) in [4.78, 5) is 3.22. The van der Waals surface area contributed by atoms with Crippen molar-refractivity contribution in [2.45, 2.75) is 6.67 Å². The second-order valence-corrected chi connectivity index (χ2v) is 1.69. The molecule has 0 bridgehead atoms. The van der Waals surface area contributed by atoms with E-state index in [1.807, 2.05) is 35.2 Å². The Bertz CT molecular complexity index is 210. The zero-order valence-electron chi connectivity index (χ0n) is 4.99.